The molecule has 0 saturated heterocycles. The second-order valence-corrected chi connectivity index (χ2v) is 3.89. The number of benzene rings is 1. The van der Waals surface area contributed by atoms with E-state index in [9.17, 15) is 0 Å². The van der Waals surface area contributed by atoms with E-state index in [1.54, 1.807) is 0 Å². The van der Waals surface area contributed by atoms with Crippen LogP contribution in [0.4, 0.5) is 0 Å². The van der Waals surface area contributed by atoms with Crippen molar-refractivity contribution in [2.45, 2.75) is 25.7 Å². The van der Waals surface area contributed by atoms with Crippen LogP contribution in [0.15, 0.2) is 18.2 Å². The Morgan fingerprint density at radius 3 is 3.00 bits per heavy atom. The number of fused-ring (bicyclic) bond motifs is 1. The van der Waals surface area contributed by atoms with Crippen molar-refractivity contribution in [2.24, 2.45) is 0 Å². The molecule has 0 bridgehead atoms. The molecular weight excluding hydrogens is 190 g/mol. The Morgan fingerprint density at radius 2 is 2.13 bits per heavy atom. The topological polar surface area (TPSA) is 41.5 Å². The first-order valence-electron chi connectivity index (χ1n) is 5.52. The van der Waals surface area contributed by atoms with E-state index in [0.717, 1.165) is 12.2 Å². The highest BCUT2D eigenvalue weighted by Gasteiger charge is 2.10. The van der Waals surface area contributed by atoms with Crippen molar-refractivity contribution in [3.8, 4) is 5.75 Å². The van der Waals surface area contributed by atoms with Crippen molar-refractivity contribution in [3.05, 3.63) is 29.3 Å². The highest BCUT2D eigenvalue weighted by Crippen LogP contribution is 2.25. The van der Waals surface area contributed by atoms with Crippen molar-refractivity contribution in [1.82, 2.24) is 5.48 Å². The second kappa shape index (κ2) is 5.14. The van der Waals surface area contributed by atoms with Crippen molar-refractivity contribution in [2.75, 3.05) is 13.2 Å². The summed E-state index contributed by atoms with van der Waals surface area (Å²) in [6.45, 7) is 1.22. The van der Waals surface area contributed by atoms with Crippen LogP contribution in [0.3, 0.4) is 0 Å². The van der Waals surface area contributed by atoms with Crippen LogP contribution in [-0.4, -0.2) is 18.4 Å². The quantitative estimate of drug-likeness (QED) is 0.572. The molecule has 2 N–H and O–H groups in total. The van der Waals surface area contributed by atoms with Gasteiger partial charge >= 0.3 is 0 Å². The van der Waals surface area contributed by atoms with Gasteiger partial charge < -0.3 is 9.94 Å². The third-order valence-electron chi connectivity index (χ3n) is 2.77. The van der Waals surface area contributed by atoms with Gasteiger partial charge in [-0.15, -0.1) is 0 Å². The molecule has 0 saturated carbocycles. The molecule has 0 radical (unpaired) electrons. The monoisotopic (exact) mass is 207 g/mol. The van der Waals surface area contributed by atoms with E-state index in [0.29, 0.717) is 13.2 Å². The maximum absolute atomic E-state index is 8.38. The summed E-state index contributed by atoms with van der Waals surface area (Å²) in [5, 5.41) is 8.38. The van der Waals surface area contributed by atoms with E-state index in [1.165, 1.54) is 30.4 Å². The Labute approximate surface area is 90.0 Å². The molecule has 0 atom stereocenters. The number of hydrogen-bond donors (Lipinski definition) is 2. The first-order valence-corrected chi connectivity index (χ1v) is 5.52. The molecule has 3 nitrogen and oxygen atoms in total. The molecule has 2 rings (SSSR count). The van der Waals surface area contributed by atoms with Crippen molar-refractivity contribution in [1.29, 1.82) is 0 Å². The molecule has 15 heavy (non-hydrogen) atoms. The number of hydrogen-bond acceptors (Lipinski definition) is 3. The molecule has 1 aromatic carbocycles. The lowest BCUT2D eigenvalue weighted by Crippen LogP contribution is -2.12. The Bertz CT molecular complexity index is 325. The van der Waals surface area contributed by atoms with Crippen LogP contribution in [0, 0.1) is 0 Å². The van der Waals surface area contributed by atoms with Gasteiger partial charge in [-0.2, -0.15) is 0 Å². The lowest BCUT2D eigenvalue weighted by atomic mass is 10.1. The van der Waals surface area contributed by atoms with Gasteiger partial charge in [-0.05, 0) is 48.9 Å². The van der Waals surface area contributed by atoms with Crippen LogP contribution < -0.4 is 10.2 Å². The molecule has 82 valence electrons. The number of rotatable bonds is 5. The van der Waals surface area contributed by atoms with Gasteiger partial charge in [0.05, 0.1) is 6.61 Å². The number of ether oxygens (including phenoxy) is 1. The van der Waals surface area contributed by atoms with E-state index in [4.69, 9.17) is 9.94 Å². The fraction of sp³-hybridized carbons (Fsp3) is 0.500. The standard InChI is InChI=1S/C12H17NO2/c14-13-7-2-8-15-12-6-5-10-3-1-4-11(10)9-12/h5-6,9,13-14H,1-4,7-8H2. The summed E-state index contributed by atoms with van der Waals surface area (Å²) in [7, 11) is 0. The minimum Gasteiger partial charge on any atom is -0.494 e. The minimum absolute atomic E-state index is 0.574. The SMILES string of the molecule is ONCCCOc1ccc2c(c1)CCC2. The van der Waals surface area contributed by atoms with Crippen LogP contribution in [-0.2, 0) is 12.8 Å². The molecule has 1 aliphatic rings. The lowest BCUT2D eigenvalue weighted by Gasteiger charge is -2.07. The third kappa shape index (κ3) is 2.70. The average Bonchev–Trinajstić information content (AvgIpc) is 2.71. The normalized spacial score (nSPS) is 13.9. The first kappa shape index (κ1) is 10.5. The van der Waals surface area contributed by atoms with E-state index in [1.807, 2.05) is 6.07 Å². The van der Waals surface area contributed by atoms with Crippen molar-refractivity contribution in [3.63, 3.8) is 0 Å². The molecule has 0 aliphatic heterocycles. The Morgan fingerprint density at radius 1 is 1.27 bits per heavy atom. The molecule has 0 fully saturated rings. The van der Waals surface area contributed by atoms with Crippen LogP contribution in [0.5, 0.6) is 5.75 Å². The molecule has 1 aromatic rings. The summed E-state index contributed by atoms with van der Waals surface area (Å²) < 4.78 is 5.58. The van der Waals surface area contributed by atoms with Crippen molar-refractivity contribution >= 4 is 0 Å². The number of hydroxylamine groups is 1. The molecule has 0 spiro atoms. The second-order valence-electron chi connectivity index (χ2n) is 3.89. The fourth-order valence-electron chi connectivity index (χ4n) is 1.98. The van der Waals surface area contributed by atoms with Crippen LogP contribution in [0.25, 0.3) is 0 Å². The summed E-state index contributed by atoms with van der Waals surface area (Å²) in [5.74, 6) is 0.952. The zero-order valence-electron chi connectivity index (χ0n) is 8.83. The zero-order chi connectivity index (χ0) is 10.5. The van der Waals surface area contributed by atoms with Crippen LogP contribution >= 0.6 is 0 Å². The maximum atomic E-state index is 8.38. The zero-order valence-corrected chi connectivity index (χ0v) is 8.83. The lowest BCUT2D eigenvalue weighted by molar-refractivity contribution is 0.157. The molecule has 0 heterocycles. The Balaban J connectivity index is 1.87. The van der Waals surface area contributed by atoms with E-state index < -0.39 is 0 Å². The molecule has 0 unspecified atom stereocenters. The third-order valence-corrected chi connectivity index (χ3v) is 2.77. The molecular formula is C12H17NO2. The predicted octanol–water partition coefficient (Wildman–Crippen LogP) is 1.92. The molecule has 0 aromatic heterocycles. The number of nitrogens with one attached hydrogen (secondary N) is 1. The largest absolute Gasteiger partial charge is 0.494 e. The highest BCUT2D eigenvalue weighted by molar-refractivity contribution is 5.38. The van der Waals surface area contributed by atoms with Gasteiger partial charge in [0.1, 0.15) is 5.75 Å². The van der Waals surface area contributed by atoms with Crippen LogP contribution in [0.1, 0.15) is 24.0 Å². The first-order chi connectivity index (χ1) is 7.40. The summed E-state index contributed by atoms with van der Waals surface area (Å²) >= 11 is 0. The van der Waals surface area contributed by atoms with Gasteiger partial charge in [0.25, 0.3) is 0 Å². The van der Waals surface area contributed by atoms with Gasteiger partial charge in [0, 0.05) is 6.54 Å². The molecule has 1 aliphatic carbocycles. The minimum atomic E-state index is 0.574. The fourth-order valence-corrected chi connectivity index (χ4v) is 1.98. The Hall–Kier alpha value is -1.06. The summed E-state index contributed by atoms with van der Waals surface area (Å²) in [6.07, 6.45) is 4.48. The predicted molar refractivity (Wildman–Crippen MR) is 58.4 cm³/mol. The molecule has 0 amide bonds. The van der Waals surface area contributed by atoms with E-state index in [-0.39, 0.29) is 0 Å². The maximum Gasteiger partial charge on any atom is 0.119 e. The van der Waals surface area contributed by atoms with Crippen LogP contribution in [0.2, 0.25) is 0 Å². The summed E-state index contributed by atoms with van der Waals surface area (Å²) in [6, 6.07) is 6.35. The molecule has 3 heteroatoms. The van der Waals surface area contributed by atoms with Gasteiger partial charge in [-0.3, -0.25) is 0 Å². The van der Waals surface area contributed by atoms with Gasteiger partial charge in [-0.1, -0.05) is 6.07 Å². The summed E-state index contributed by atoms with van der Waals surface area (Å²) in [4.78, 5) is 0. The summed E-state index contributed by atoms with van der Waals surface area (Å²) in [5.41, 5.74) is 5.03. The number of aryl methyl sites for hydroxylation is 2. The highest BCUT2D eigenvalue weighted by atomic mass is 16.5. The van der Waals surface area contributed by atoms with Gasteiger partial charge in [0.2, 0.25) is 0 Å². The smallest absolute Gasteiger partial charge is 0.119 e. The van der Waals surface area contributed by atoms with E-state index >= 15 is 0 Å². The van der Waals surface area contributed by atoms with Crippen molar-refractivity contribution < 1.29 is 9.94 Å². The average molecular weight is 207 g/mol. The Kier molecular flexibility index (Phi) is 3.59. The van der Waals surface area contributed by atoms with Gasteiger partial charge in [-0.25, -0.2) is 5.48 Å². The van der Waals surface area contributed by atoms with E-state index in [2.05, 4.69) is 17.6 Å². The van der Waals surface area contributed by atoms with Gasteiger partial charge in [0.15, 0.2) is 0 Å².